The quantitative estimate of drug-likeness (QED) is 0.605. The summed E-state index contributed by atoms with van der Waals surface area (Å²) in [5, 5.41) is 0. The molecule has 0 fully saturated rings. The lowest BCUT2D eigenvalue weighted by Crippen LogP contribution is -2.26. The van der Waals surface area contributed by atoms with Crippen LogP contribution in [0, 0.1) is 13.8 Å². The first-order valence-electron chi connectivity index (χ1n) is 8.45. The third-order valence-electron chi connectivity index (χ3n) is 4.86. The molecule has 3 heterocycles. The van der Waals surface area contributed by atoms with Crippen molar-refractivity contribution < 1.29 is 0 Å². The van der Waals surface area contributed by atoms with Crippen LogP contribution in [0.1, 0.15) is 39.6 Å². The molecule has 1 atom stereocenters. The molecule has 3 aromatic rings. The van der Waals surface area contributed by atoms with Crippen LogP contribution >= 0.6 is 15.9 Å². The number of fused-ring (bicyclic) bond motifs is 2. The first-order valence-corrected chi connectivity index (χ1v) is 9.36. The average Bonchev–Trinajstić information content (AvgIpc) is 3.01. The number of alkyl halides is 1. The van der Waals surface area contributed by atoms with Gasteiger partial charge in [-0.25, -0.2) is 4.98 Å². The number of hydrogen-bond donors (Lipinski definition) is 0. The fourth-order valence-electron chi connectivity index (χ4n) is 3.57. The lowest BCUT2D eigenvalue weighted by atomic mass is 10.1. The van der Waals surface area contributed by atoms with E-state index in [-0.39, 0.29) is 10.4 Å². The van der Waals surface area contributed by atoms with E-state index in [4.69, 9.17) is 4.98 Å². The molecule has 4 nitrogen and oxygen atoms in total. The molecule has 0 bridgehead atoms. The van der Waals surface area contributed by atoms with E-state index in [9.17, 15) is 4.79 Å². The monoisotopic (exact) mass is 397 g/mol. The summed E-state index contributed by atoms with van der Waals surface area (Å²) in [7, 11) is 0. The van der Waals surface area contributed by atoms with Gasteiger partial charge in [0.1, 0.15) is 11.5 Å². The molecular formula is C20H20BrN3O. The molecule has 0 saturated carbocycles. The van der Waals surface area contributed by atoms with Crippen molar-refractivity contribution in [1.29, 1.82) is 0 Å². The summed E-state index contributed by atoms with van der Waals surface area (Å²) in [6, 6.07) is 10.5. The van der Waals surface area contributed by atoms with E-state index >= 15 is 0 Å². The van der Waals surface area contributed by atoms with Gasteiger partial charge in [-0.2, -0.15) is 0 Å². The standard InChI is InChI=1S/C20H20BrN3O/c1-12-8-17(14(3)21)19-22-18(13(2)20(25)24(19)9-12)23-10-15-6-4-5-7-16(15)11-23/h4-9,14H,10-11H2,1-3H3. The predicted molar refractivity (Wildman–Crippen MR) is 105 cm³/mol. The number of anilines is 1. The van der Waals surface area contributed by atoms with Gasteiger partial charge in [-0.1, -0.05) is 40.2 Å². The summed E-state index contributed by atoms with van der Waals surface area (Å²) < 4.78 is 1.68. The Morgan fingerprint density at radius 1 is 1.16 bits per heavy atom. The Morgan fingerprint density at radius 2 is 1.80 bits per heavy atom. The van der Waals surface area contributed by atoms with Gasteiger partial charge in [0.2, 0.25) is 0 Å². The molecular weight excluding hydrogens is 378 g/mol. The molecule has 1 unspecified atom stereocenters. The molecule has 1 aliphatic heterocycles. The van der Waals surface area contributed by atoms with Gasteiger partial charge >= 0.3 is 0 Å². The van der Waals surface area contributed by atoms with E-state index in [2.05, 4.69) is 58.1 Å². The highest BCUT2D eigenvalue weighted by atomic mass is 79.9. The Bertz CT molecular complexity index is 1010. The zero-order valence-corrected chi connectivity index (χ0v) is 16.2. The number of benzene rings is 1. The maximum atomic E-state index is 13.0. The Hall–Kier alpha value is -2.14. The second-order valence-corrected chi connectivity index (χ2v) is 8.15. The molecule has 0 amide bonds. The average molecular weight is 398 g/mol. The topological polar surface area (TPSA) is 37.6 Å². The normalized spacial score (nSPS) is 14.8. The van der Waals surface area contributed by atoms with Crippen LogP contribution in [0.15, 0.2) is 41.3 Å². The highest BCUT2D eigenvalue weighted by Gasteiger charge is 2.24. The number of nitrogens with zero attached hydrogens (tertiary/aromatic N) is 3. The van der Waals surface area contributed by atoms with Gasteiger partial charge in [0.25, 0.3) is 5.56 Å². The summed E-state index contributed by atoms with van der Waals surface area (Å²) in [4.78, 5) is 20.2. The maximum absolute atomic E-state index is 13.0. The van der Waals surface area contributed by atoms with Gasteiger partial charge < -0.3 is 4.90 Å². The molecule has 1 aliphatic rings. The molecule has 2 aromatic heterocycles. The van der Waals surface area contributed by atoms with E-state index < -0.39 is 0 Å². The first kappa shape index (κ1) is 16.3. The minimum Gasteiger partial charge on any atom is -0.347 e. The molecule has 5 heteroatoms. The van der Waals surface area contributed by atoms with Crippen LogP contribution in [-0.4, -0.2) is 9.38 Å². The van der Waals surface area contributed by atoms with Gasteiger partial charge in [-0.3, -0.25) is 9.20 Å². The molecule has 0 radical (unpaired) electrons. The number of aromatic nitrogens is 2. The van der Waals surface area contributed by atoms with Crippen molar-refractivity contribution >= 4 is 27.4 Å². The van der Waals surface area contributed by atoms with Crippen molar-refractivity contribution in [1.82, 2.24) is 9.38 Å². The van der Waals surface area contributed by atoms with Crippen LogP contribution in [0.4, 0.5) is 5.82 Å². The molecule has 4 rings (SSSR count). The maximum Gasteiger partial charge on any atom is 0.262 e. The Balaban J connectivity index is 1.92. The van der Waals surface area contributed by atoms with Crippen molar-refractivity contribution in [2.75, 3.05) is 4.90 Å². The van der Waals surface area contributed by atoms with Gasteiger partial charge in [0.15, 0.2) is 0 Å². The minimum atomic E-state index is 0.00839. The van der Waals surface area contributed by atoms with Crippen LogP contribution in [0.2, 0.25) is 0 Å². The molecule has 1 aromatic carbocycles. The van der Waals surface area contributed by atoms with Gasteiger partial charge in [0, 0.05) is 29.7 Å². The van der Waals surface area contributed by atoms with E-state index in [0.717, 1.165) is 35.7 Å². The van der Waals surface area contributed by atoms with E-state index in [0.29, 0.717) is 5.56 Å². The van der Waals surface area contributed by atoms with Crippen LogP contribution in [0.3, 0.4) is 0 Å². The van der Waals surface area contributed by atoms with Crippen LogP contribution in [0.25, 0.3) is 5.65 Å². The largest absolute Gasteiger partial charge is 0.347 e. The van der Waals surface area contributed by atoms with Gasteiger partial charge in [-0.15, -0.1) is 0 Å². The number of halogens is 1. The summed E-state index contributed by atoms with van der Waals surface area (Å²) >= 11 is 3.64. The van der Waals surface area contributed by atoms with Crippen LogP contribution in [-0.2, 0) is 13.1 Å². The number of aryl methyl sites for hydroxylation is 1. The molecule has 128 valence electrons. The second-order valence-electron chi connectivity index (χ2n) is 6.77. The van der Waals surface area contributed by atoms with Crippen molar-refractivity contribution in [2.24, 2.45) is 0 Å². The van der Waals surface area contributed by atoms with Gasteiger partial charge in [0.05, 0.1) is 5.56 Å². The van der Waals surface area contributed by atoms with E-state index in [1.165, 1.54) is 11.1 Å². The fraction of sp³-hybridized carbons (Fsp3) is 0.300. The van der Waals surface area contributed by atoms with Crippen molar-refractivity contribution in [3.05, 3.63) is 74.7 Å². The Kier molecular flexibility index (Phi) is 3.91. The molecule has 0 saturated heterocycles. The Labute approximate surface area is 155 Å². The smallest absolute Gasteiger partial charge is 0.262 e. The summed E-state index contributed by atoms with van der Waals surface area (Å²) in [6.45, 7) is 7.53. The van der Waals surface area contributed by atoms with E-state index in [1.54, 1.807) is 4.40 Å². The third-order valence-corrected chi connectivity index (χ3v) is 5.35. The summed E-state index contributed by atoms with van der Waals surface area (Å²) in [5.41, 5.74) is 6.15. The number of pyridine rings is 1. The highest BCUT2D eigenvalue weighted by Crippen LogP contribution is 2.31. The van der Waals surface area contributed by atoms with E-state index in [1.807, 2.05) is 20.0 Å². The molecule has 0 N–H and O–H groups in total. The highest BCUT2D eigenvalue weighted by molar-refractivity contribution is 9.09. The second kappa shape index (κ2) is 5.99. The predicted octanol–water partition coefficient (Wildman–Crippen LogP) is 4.29. The third kappa shape index (κ3) is 2.67. The van der Waals surface area contributed by atoms with Gasteiger partial charge in [-0.05, 0) is 43.5 Å². The van der Waals surface area contributed by atoms with Crippen LogP contribution < -0.4 is 10.5 Å². The molecule has 25 heavy (non-hydrogen) atoms. The SMILES string of the molecule is Cc1cc(C(C)Br)c2nc(N3Cc4ccccc4C3)c(C)c(=O)n2c1. The van der Waals surface area contributed by atoms with Crippen molar-refractivity contribution in [2.45, 2.75) is 38.7 Å². The van der Waals surface area contributed by atoms with Crippen molar-refractivity contribution in [3.8, 4) is 0 Å². The van der Waals surface area contributed by atoms with Crippen LogP contribution in [0.5, 0.6) is 0 Å². The van der Waals surface area contributed by atoms with Crippen molar-refractivity contribution in [3.63, 3.8) is 0 Å². The number of rotatable bonds is 2. The zero-order valence-electron chi connectivity index (χ0n) is 14.6. The molecule has 0 spiro atoms. The molecule has 0 aliphatic carbocycles. The first-order chi connectivity index (χ1) is 12.0. The lowest BCUT2D eigenvalue weighted by molar-refractivity contribution is 0.835. The fourth-order valence-corrected chi connectivity index (χ4v) is 3.91. The minimum absolute atomic E-state index is 0.00839. The summed E-state index contributed by atoms with van der Waals surface area (Å²) in [5.74, 6) is 0.791. The Morgan fingerprint density at radius 3 is 2.40 bits per heavy atom. The summed E-state index contributed by atoms with van der Waals surface area (Å²) in [6.07, 6.45) is 1.87. The lowest BCUT2D eigenvalue weighted by Gasteiger charge is -2.21. The number of hydrogen-bond acceptors (Lipinski definition) is 3. The zero-order chi connectivity index (χ0) is 17.7.